The normalized spacial score (nSPS) is 38.7. The van der Waals surface area contributed by atoms with E-state index in [2.05, 4.69) is 9.47 Å². The average Bonchev–Trinajstić information content (AvgIpc) is 2.20. The van der Waals surface area contributed by atoms with Crippen molar-refractivity contribution in [3.63, 3.8) is 0 Å². The number of ether oxygens (including phenoxy) is 2. The topological polar surface area (TPSA) is 116 Å². The molecule has 1 aliphatic rings. The molecule has 1 heterocycles. The Morgan fingerprint density at radius 2 is 1.81 bits per heavy atom. The van der Waals surface area contributed by atoms with Gasteiger partial charge in [0, 0.05) is 0 Å². The molecular weight excluding hydrogens is 231 g/mol. The van der Waals surface area contributed by atoms with Gasteiger partial charge >= 0.3 is 35.5 Å². The summed E-state index contributed by atoms with van der Waals surface area (Å²) in [7, 11) is 0. The molecule has 0 aromatic heterocycles. The van der Waals surface area contributed by atoms with Crippen molar-refractivity contribution in [1.29, 1.82) is 0 Å². The zero-order chi connectivity index (χ0) is 11.6. The smallest absolute Gasteiger partial charge is 1.00 e. The summed E-state index contributed by atoms with van der Waals surface area (Å²) >= 11 is 0. The molecule has 0 aromatic rings. The van der Waals surface area contributed by atoms with Gasteiger partial charge < -0.3 is 31.3 Å². The van der Waals surface area contributed by atoms with Gasteiger partial charge in [0.05, 0.1) is 6.61 Å². The van der Waals surface area contributed by atoms with E-state index < -0.39 is 36.7 Å². The number of aliphatic hydroxyl groups excluding tert-OH is 4. The quantitative estimate of drug-likeness (QED) is 0.283. The summed E-state index contributed by atoms with van der Waals surface area (Å²) in [4.78, 5) is 11.2. The molecule has 1 rings (SSSR count). The molecule has 8 heteroatoms. The van der Waals surface area contributed by atoms with Gasteiger partial charge in [-0.1, -0.05) is 0 Å². The largest absolute Gasteiger partial charge is 1.00 e. The van der Waals surface area contributed by atoms with E-state index in [0.717, 1.165) is 0 Å². The third kappa shape index (κ3) is 3.38. The molecule has 5 atom stereocenters. The number of hydrogen-bond donors (Lipinski definition) is 4. The Morgan fingerprint density at radius 1 is 1.25 bits per heavy atom. The van der Waals surface area contributed by atoms with Gasteiger partial charge in [0.2, 0.25) is 0 Å². The van der Waals surface area contributed by atoms with Crippen LogP contribution in [-0.2, 0) is 14.3 Å². The number of aliphatic hydroxyl groups is 4. The first-order valence-electron chi connectivity index (χ1n) is 4.53. The van der Waals surface area contributed by atoms with Crippen molar-refractivity contribution in [2.75, 3.05) is 6.61 Å². The fourth-order valence-corrected chi connectivity index (χ4v) is 1.28. The van der Waals surface area contributed by atoms with Crippen LogP contribution >= 0.6 is 0 Å². The molecule has 0 amide bonds. The van der Waals surface area contributed by atoms with Gasteiger partial charge in [0.1, 0.15) is 18.3 Å². The Bertz CT molecular complexity index is 242. The summed E-state index contributed by atoms with van der Waals surface area (Å²) in [5.41, 5.74) is 0. The molecule has 90 valence electrons. The standard InChI is InChI=1S/C8H14O7.Na.H/c1-2-14-8(13)6-4(10)3(9)5(11)7(12)15-6;;/h3-7,9-12H,2H2,1H3;;/q;+1;-1/t3-,4-,5+,6-,7+;;/m0../s1. The van der Waals surface area contributed by atoms with Crippen LogP contribution in [0.4, 0.5) is 0 Å². The first-order chi connectivity index (χ1) is 6.99. The molecule has 1 saturated heterocycles. The molecule has 0 saturated carbocycles. The van der Waals surface area contributed by atoms with Crippen molar-refractivity contribution in [3.8, 4) is 0 Å². The Hall–Kier alpha value is 0.270. The van der Waals surface area contributed by atoms with Gasteiger partial charge in [-0.3, -0.25) is 0 Å². The second-order valence-corrected chi connectivity index (χ2v) is 3.17. The van der Waals surface area contributed by atoms with Crippen LogP contribution < -0.4 is 29.6 Å². The fourth-order valence-electron chi connectivity index (χ4n) is 1.28. The summed E-state index contributed by atoms with van der Waals surface area (Å²) in [5.74, 6) is -0.894. The molecule has 7 nitrogen and oxygen atoms in total. The number of hydrogen-bond acceptors (Lipinski definition) is 7. The van der Waals surface area contributed by atoms with Crippen molar-refractivity contribution in [3.05, 3.63) is 0 Å². The van der Waals surface area contributed by atoms with Gasteiger partial charge in [-0.05, 0) is 6.92 Å². The minimum atomic E-state index is -1.72. The van der Waals surface area contributed by atoms with Crippen LogP contribution in [0.5, 0.6) is 0 Å². The van der Waals surface area contributed by atoms with E-state index in [1.807, 2.05) is 0 Å². The molecule has 0 aromatic carbocycles. The van der Waals surface area contributed by atoms with Crippen LogP contribution in [0.3, 0.4) is 0 Å². The van der Waals surface area contributed by atoms with Crippen molar-refractivity contribution in [1.82, 2.24) is 0 Å². The van der Waals surface area contributed by atoms with E-state index in [1.165, 1.54) is 0 Å². The van der Waals surface area contributed by atoms with Gasteiger partial charge in [-0.2, -0.15) is 0 Å². The Balaban J connectivity index is 0. The Labute approximate surface area is 116 Å². The Kier molecular flexibility index (Phi) is 6.99. The maximum atomic E-state index is 11.2. The van der Waals surface area contributed by atoms with E-state index in [-0.39, 0.29) is 37.6 Å². The van der Waals surface area contributed by atoms with Gasteiger partial charge in [-0.15, -0.1) is 0 Å². The number of esters is 1. The number of carbonyl (C=O) groups excluding carboxylic acids is 1. The maximum absolute atomic E-state index is 11.2. The second-order valence-electron chi connectivity index (χ2n) is 3.17. The molecule has 0 radical (unpaired) electrons. The second kappa shape index (κ2) is 6.87. The molecular formula is C8H15NaO7. The first-order valence-corrected chi connectivity index (χ1v) is 4.53. The monoisotopic (exact) mass is 246 g/mol. The molecule has 0 bridgehead atoms. The summed E-state index contributed by atoms with van der Waals surface area (Å²) in [6, 6.07) is 0. The van der Waals surface area contributed by atoms with E-state index in [4.69, 9.17) is 10.2 Å². The molecule has 1 fully saturated rings. The third-order valence-corrected chi connectivity index (χ3v) is 2.11. The molecule has 16 heavy (non-hydrogen) atoms. The number of carbonyl (C=O) groups is 1. The van der Waals surface area contributed by atoms with E-state index in [9.17, 15) is 15.0 Å². The van der Waals surface area contributed by atoms with Crippen molar-refractivity contribution in [2.24, 2.45) is 0 Å². The predicted molar refractivity (Wildman–Crippen MR) is 46.6 cm³/mol. The first kappa shape index (κ1) is 16.3. The third-order valence-electron chi connectivity index (χ3n) is 2.11. The van der Waals surface area contributed by atoms with E-state index >= 15 is 0 Å². The van der Waals surface area contributed by atoms with Gasteiger partial charge in [-0.25, -0.2) is 4.79 Å². The predicted octanol–water partition coefficient (Wildman–Crippen LogP) is -5.53. The van der Waals surface area contributed by atoms with E-state index in [0.29, 0.717) is 0 Å². The zero-order valence-electron chi connectivity index (χ0n) is 10.1. The minimum Gasteiger partial charge on any atom is -1.00 e. The molecule has 0 unspecified atom stereocenters. The number of rotatable bonds is 2. The van der Waals surface area contributed by atoms with Crippen LogP contribution in [0, 0.1) is 0 Å². The van der Waals surface area contributed by atoms with Crippen molar-refractivity contribution < 1.29 is 65.7 Å². The summed E-state index contributed by atoms with van der Waals surface area (Å²) in [5, 5.41) is 36.8. The van der Waals surface area contributed by atoms with Gasteiger partial charge in [0.15, 0.2) is 12.4 Å². The zero-order valence-corrected chi connectivity index (χ0v) is 11.1. The van der Waals surface area contributed by atoms with Crippen LogP contribution in [0.2, 0.25) is 0 Å². The van der Waals surface area contributed by atoms with Crippen molar-refractivity contribution >= 4 is 5.97 Å². The van der Waals surface area contributed by atoms with Crippen LogP contribution in [0.1, 0.15) is 8.35 Å². The molecule has 0 aliphatic carbocycles. The summed E-state index contributed by atoms with van der Waals surface area (Å²) in [6.07, 6.45) is -8.13. The SMILES string of the molecule is CCOC(=O)[C@H]1O[C@@H](O)[C@H](O)[C@@H](O)[C@@H]1O.[H-].[Na+]. The van der Waals surface area contributed by atoms with E-state index in [1.54, 1.807) is 6.92 Å². The average molecular weight is 246 g/mol. The maximum Gasteiger partial charge on any atom is 1.00 e. The summed E-state index contributed by atoms with van der Waals surface area (Å²) < 4.78 is 9.17. The van der Waals surface area contributed by atoms with Crippen LogP contribution in [-0.4, -0.2) is 63.7 Å². The van der Waals surface area contributed by atoms with Crippen LogP contribution in [0.15, 0.2) is 0 Å². The van der Waals surface area contributed by atoms with Crippen LogP contribution in [0.25, 0.3) is 0 Å². The molecule has 1 aliphatic heterocycles. The Morgan fingerprint density at radius 3 is 2.31 bits per heavy atom. The minimum absolute atomic E-state index is 0. The molecule has 4 N–H and O–H groups in total. The van der Waals surface area contributed by atoms with Crippen molar-refractivity contribution in [2.45, 2.75) is 37.6 Å². The fraction of sp³-hybridized carbons (Fsp3) is 0.875. The van der Waals surface area contributed by atoms with Gasteiger partial charge in [0.25, 0.3) is 0 Å². The summed E-state index contributed by atoms with van der Waals surface area (Å²) in [6.45, 7) is 1.65. The molecule has 0 spiro atoms.